The van der Waals surface area contributed by atoms with Crippen molar-refractivity contribution in [1.82, 2.24) is 10.2 Å². The first-order valence-corrected chi connectivity index (χ1v) is 9.16. The van der Waals surface area contributed by atoms with Crippen molar-refractivity contribution in [3.8, 4) is 0 Å². The van der Waals surface area contributed by atoms with E-state index in [4.69, 9.17) is 0 Å². The molecular formula is C18H23N3OS. The van der Waals surface area contributed by atoms with Crippen LogP contribution in [-0.2, 0) is 4.79 Å². The molecule has 1 amide bonds. The first-order valence-electron chi connectivity index (χ1n) is 8.18. The van der Waals surface area contributed by atoms with Crippen LogP contribution in [0.3, 0.4) is 0 Å². The van der Waals surface area contributed by atoms with Crippen molar-refractivity contribution in [2.45, 2.75) is 38.1 Å². The fraction of sp³-hybridized carbons (Fsp3) is 0.444. The van der Waals surface area contributed by atoms with Crippen LogP contribution in [0.25, 0.3) is 5.70 Å². The molecule has 1 aromatic rings. The molecule has 23 heavy (non-hydrogen) atoms. The molecule has 1 aromatic carbocycles. The predicted molar refractivity (Wildman–Crippen MR) is 97.8 cm³/mol. The van der Waals surface area contributed by atoms with E-state index in [0.717, 1.165) is 35.0 Å². The number of fused-ring (bicyclic) bond motifs is 1. The number of para-hydroxylation sites is 1. The highest BCUT2D eigenvalue weighted by molar-refractivity contribution is 8.14. The zero-order chi connectivity index (χ0) is 16.2. The number of rotatable bonds is 3. The Labute approximate surface area is 142 Å². The van der Waals surface area contributed by atoms with Crippen LogP contribution in [0.4, 0.5) is 5.69 Å². The Balaban J connectivity index is 1.60. The molecule has 1 fully saturated rings. The quantitative estimate of drug-likeness (QED) is 0.918. The summed E-state index contributed by atoms with van der Waals surface area (Å²) in [7, 11) is 1.95. The molecule has 0 atom stereocenters. The van der Waals surface area contributed by atoms with E-state index in [1.807, 2.05) is 36.2 Å². The molecule has 1 heterocycles. The summed E-state index contributed by atoms with van der Waals surface area (Å²) in [5.74, 6) is 0.497. The van der Waals surface area contributed by atoms with E-state index in [0.29, 0.717) is 11.8 Å². The Kier molecular flexibility index (Phi) is 5.06. The monoisotopic (exact) mass is 329 g/mol. The fourth-order valence-electron chi connectivity index (χ4n) is 3.06. The number of amidine groups is 1. The maximum absolute atomic E-state index is 12.2. The molecule has 1 aliphatic heterocycles. The van der Waals surface area contributed by atoms with Crippen LogP contribution in [0.1, 0.15) is 37.7 Å². The van der Waals surface area contributed by atoms with Gasteiger partial charge < -0.3 is 10.2 Å². The smallest absolute Gasteiger partial charge is 0.230 e. The molecule has 2 aliphatic rings. The molecule has 5 heteroatoms. The summed E-state index contributed by atoms with van der Waals surface area (Å²) < 4.78 is 0. The molecule has 0 spiro atoms. The van der Waals surface area contributed by atoms with Gasteiger partial charge in [-0.2, -0.15) is 0 Å². The van der Waals surface area contributed by atoms with Crippen molar-refractivity contribution in [1.29, 1.82) is 0 Å². The van der Waals surface area contributed by atoms with E-state index in [1.165, 1.54) is 31.0 Å². The summed E-state index contributed by atoms with van der Waals surface area (Å²) in [6.07, 6.45) is 5.97. The van der Waals surface area contributed by atoms with E-state index in [-0.39, 0.29) is 5.91 Å². The minimum absolute atomic E-state index is 0.0995. The van der Waals surface area contributed by atoms with Gasteiger partial charge >= 0.3 is 0 Å². The van der Waals surface area contributed by atoms with Crippen molar-refractivity contribution in [2.24, 2.45) is 4.99 Å². The van der Waals surface area contributed by atoms with E-state index >= 15 is 0 Å². The summed E-state index contributed by atoms with van der Waals surface area (Å²) >= 11 is 1.47. The highest BCUT2D eigenvalue weighted by atomic mass is 32.2. The Morgan fingerprint density at radius 1 is 1.35 bits per heavy atom. The Bertz CT molecular complexity index is 635. The Morgan fingerprint density at radius 2 is 2.09 bits per heavy atom. The van der Waals surface area contributed by atoms with Crippen molar-refractivity contribution >= 4 is 34.2 Å². The largest absolute Gasteiger partial charge is 0.353 e. The molecule has 0 bridgehead atoms. The summed E-state index contributed by atoms with van der Waals surface area (Å²) in [4.78, 5) is 18.8. The van der Waals surface area contributed by atoms with Crippen LogP contribution in [0.5, 0.6) is 0 Å². The first-order chi connectivity index (χ1) is 11.1. The fourth-order valence-corrected chi connectivity index (χ4v) is 3.88. The van der Waals surface area contributed by atoms with Crippen LogP contribution >= 0.6 is 11.8 Å². The van der Waals surface area contributed by atoms with Gasteiger partial charge in [0.2, 0.25) is 5.91 Å². The first kappa shape index (κ1) is 16.1. The molecule has 1 aliphatic carbocycles. The number of nitrogens with zero attached hydrogens (tertiary/aromatic N) is 2. The number of nitrogens with one attached hydrogen (secondary N) is 1. The molecule has 0 radical (unpaired) electrons. The number of benzene rings is 1. The lowest BCUT2D eigenvalue weighted by atomic mass is 9.95. The third-order valence-electron chi connectivity index (χ3n) is 4.43. The maximum Gasteiger partial charge on any atom is 0.230 e. The van der Waals surface area contributed by atoms with Crippen LogP contribution in [-0.4, -0.2) is 34.8 Å². The summed E-state index contributed by atoms with van der Waals surface area (Å²) in [5, 5.41) is 3.97. The third kappa shape index (κ3) is 3.78. The molecule has 4 nitrogen and oxygen atoms in total. The van der Waals surface area contributed by atoms with Gasteiger partial charge in [-0.15, -0.1) is 0 Å². The van der Waals surface area contributed by atoms with E-state index < -0.39 is 0 Å². The van der Waals surface area contributed by atoms with Crippen LogP contribution in [0.15, 0.2) is 35.8 Å². The SMILES string of the molecule is C=C1c2ccccc2N=C(SCC(=O)NC2CCCCC2)N1C. The van der Waals surface area contributed by atoms with Gasteiger partial charge in [-0.05, 0) is 18.9 Å². The number of hydrogen-bond donors (Lipinski definition) is 1. The number of thioether (sulfide) groups is 1. The van der Waals surface area contributed by atoms with E-state index in [2.05, 4.69) is 16.9 Å². The van der Waals surface area contributed by atoms with Crippen LogP contribution < -0.4 is 5.32 Å². The standard InChI is InChI=1S/C18H23N3OS/c1-13-15-10-6-7-11-16(15)20-18(21(13)2)23-12-17(22)19-14-8-4-3-5-9-14/h6-7,10-11,14H,1,3-5,8-9,12H2,2H3,(H,19,22). The number of amides is 1. The third-order valence-corrected chi connectivity index (χ3v) is 5.46. The van der Waals surface area contributed by atoms with Gasteiger partial charge in [0.15, 0.2) is 5.17 Å². The van der Waals surface area contributed by atoms with Gasteiger partial charge in [-0.25, -0.2) is 4.99 Å². The van der Waals surface area contributed by atoms with E-state index in [1.54, 1.807) is 0 Å². The summed E-state index contributed by atoms with van der Waals surface area (Å²) in [6.45, 7) is 4.14. The van der Waals surface area contributed by atoms with Gasteiger partial charge in [0.05, 0.1) is 11.4 Å². The van der Waals surface area contributed by atoms with Gasteiger partial charge in [-0.1, -0.05) is 55.8 Å². The molecule has 122 valence electrons. The van der Waals surface area contributed by atoms with Crippen LogP contribution in [0.2, 0.25) is 0 Å². The number of aliphatic imine (C=N–C) groups is 1. The molecule has 1 N–H and O–H groups in total. The molecule has 1 saturated carbocycles. The second-order valence-corrected chi connectivity index (χ2v) is 7.05. The van der Waals surface area contributed by atoms with Gasteiger partial charge in [0.25, 0.3) is 0 Å². The molecule has 0 unspecified atom stereocenters. The highest BCUT2D eigenvalue weighted by Gasteiger charge is 2.22. The van der Waals surface area contributed by atoms with Gasteiger partial charge in [0.1, 0.15) is 0 Å². The molecular weight excluding hydrogens is 306 g/mol. The summed E-state index contributed by atoms with van der Waals surface area (Å²) in [6, 6.07) is 8.33. The second-order valence-electron chi connectivity index (χ2n) is 6.11. The zero-order valence-electron chi connectivity index (χ0n) is 13.5. The predicted octanol–water partition coefficient (Wildman–Crippen LogP) is 3.77. The minimum Gasteiger partial charge on any atom is -0.353 e. The molecule has 0 aromatic heterocycles. The van der Waals surface area contributed by atoms with Crippen molar-refractivity contribution < 1.29 is 4.79 Å². The van der Waals surface area contributed by atoms with E-state index in [9.17, 15) is 4.79 Å². The van der Waals surface area contributed by atoms with Crippen molar-refractivity contribution in [3.63, 3.8) is 0 Å². The number of carbonyl (C=O) groups is 1. The number of carbonyl (C=O) groups excluding carboxylic acids is 1. The summed E-state index contributed by atoms with van der Waals surface area (Å²) in [5.41, 5.74) is 2.89. The molecule has 0 saturated heterocycles. The molecule has 3 rings (SSSR count). The number of hydrogen-bond acceptors (Lipinski definition) is 4. The minimum atomic E-state index is 0.0995. The highest BCUT2D eigenvalue weighted by Crippen LogP contribution is 2.34. The average Bonchev–Trinajstić information content (AvgIpc) is 2.58. The van der Waals surface area contributed by atoms with Crippen molar-refractivity contribution in [2.75, 3.05) is 12.8 Å². The van der Waals surface area contributed by atoms with Gasteiger partial charge in [-0.3, -0.25) is 4.79 Å². The maximum atomic E-state index is 12.2. The zero-order valence-corrected chi connectivity index (χ0v) is 14.4. The lowest BCUT2D eigenvalue weighted by Crippen LogP contribution is -2.38. The van der Waals surface area contributed by atoms with Crippen LogP contribution in [0, 0.1) is 0 Å². The Morgan fingerprint density at radius 3 is 2.87 bits per heavy atom. The Hall–Kier alpha value is -1.75. The normalized spacial score (nSPS) is 18.4. The second kappa shape index (κ2) is 7.21. The van der Waals surface area contributed by atoms with Crippen molar-refractivity contribution in [3.05, 3.63) is 36.4 Å². The lowest BCUT2D eigenvalue weighted by Gasteiger charge is -2.28. The topological polar surface area (TPSA) is 44.7 Å². The lowest BCUT2D eigenvalue weighted by molar-refractivity contribution is -0.119. The van der Waals surface area contributed by atoms with Gasteiger partial charge in [0, 0.05) is 24.4 Å². The average molecular weight is 329 g/mol.